The molecular weight excluding hydrogens is 422 g/mol. The van der Waals surface area contributed by atoms with E-state index >= 15 is 0 Å². The number of amidine groups is 1. The molecule has 0 radical (unpaired) electrons. The fraction of sp³-hybridized carbons (Fsp3) is 0.600. The fourth-order valence-corrected chi connectivity index (χ4v) is 2.82. The molecule has 1 heterocycles. The van der Waals surface area contributed by atoms with Crippen molar-refractivity contribution in [2.24, 2.45) is 10.9 Å². The summed E-state index contributed by atoms with van der Waals surface area (Å²) in [5.41, 5.74) is 0.489. The van der Waals surface area contributed by atoms with Gasteiger partial charge in [-0.15, -0.1) is 0 Å². The number of alkyl carbamates (subject to hydrolysis) is 1. The van der Waals surface area contributed by atoms with Crippen molar-refractivity contribution >= 4 is 33.8 Å². The molecule has 1 aromatic rings. The highest BCUT2D eigenvalue weighted by Gasteiger charge is 2.29. The molecule has 1 unspecified atom stereocenters. The van der Waals surface area contributed by atoms with Crippen molar-refractivity contribution in [1.82, 2.24) is 15.3 Å². The average Bonchev–Trinajstić information content (AvgIpc) is 3.41. The molecule has 0 aromatic carbocycles. The Bertz CT molecular complexity index is 736. The summed E-state index contributed by atoms with van der Waals surface area (Å²) < 4.78 is 6.20. The second-order valence-electron chi connectivity index (χ2n) is 7.91. The van der Waals surface area contributed by atoms with Gasteiger partial charge < -0.3 is 10.1 Å². The maximum absolute atomic E-state index is 12.3. The van der Waals surface area contributed by atoms with Crippen molar-refractivity contribution in [1.29, 1.82) is 0 Å². The predicted molar refractivity (Wildman–Crippen MR) is 115 cm³/mol. The van der Waals surface area contributed by atoms with Crippen LogP contribution in [-0.2, 0) is 4.74 Å². The number of carbonyl (C=O) groups is 1. The Morgan fingerprint density at radius 3 is 2.54 bits per heavy atom. The lowest BCUT2D eigenvalue weighted by Crippen LogP contribution is -2.47. The second-order valence-corrected chi connectivity index (χ2v) is 8.83. The first kappa shape index (κ1) is 22.3. The minimum Gasteiger partial charge on any atom is -0.444 e. The number of aromatic nitrogens is 2. The monoisotopic (exact) mass is 451 g/mol. The highest BCUT2D eigenvalue weighted by Crippen LogP contribution is 2.37. The van der Waals surface area contributed by atoms with Gasteiger partial charge in [0.15, 0.2) is 0 Å². The van der Waals surface area contributed by atoms with E-state index in [1.807, 2.05) is 34.7 Å². The number of nitrogens with zero attached hydrogens (tertiary/aromatic N) is 4. The number of ether oxygens (including phenoxy) is 1. The summed E-state index contributed by atoms with van der Waals surface area (Å²) >= 11 is 3.35. The first-order chi connectivity index (χ1) is 13.1. The third-order valence-electron chi connectivity index (χ3n) is 4.02. The number of rotatable bonds is 6. The Morgan fingerprint density at radius 1 is 1.43 bits per heavy atom. The van der Waals surface area contributed by atoms with Crippen LogP contribution in [-0.4, -0.2) is 40.6 Å². The van der Waals surface area contributed by atoms with E-state index < -0.39 is 11.7 Å². The van der Waals surface area contributed by atoms with E-state index in [0.717, 1.165) is 29.4 Å². The third kappa shape index (κ3) is 6.89. The smallest absolute Gasteiger partial charge is 0.408 e. The summed E-state index contributed by atoms with van der Waals surface area (Å²) in [5.74, 6) is 1.66. The number of amides is 1. The van der Waals surface area contributed by atoms with Crippen LogP contribution in [0.25, 0.3) is 0 Å². The normalized spacial score (nSPS) is 16.5. The molecule has 1 saturated carbocycles. The molecule has 28 heavy (non-hydrogen) atoms. The zero-order valence-corrected chi connectivity index (χ0v) is 19.1. The van der Waals surface area contributed by atoms with Crippen molar-refractivity contribution in [3.63, 3.8) is 0 Å². The fourth-order valence-electron chi connectivity index (χ4n) is 2.62. The maximum Gasteiger partial charge on any atom is 0.408 e. The number of hydrogen-bond acceptors (Lipinski definition) is 5. The Balaban J connectivity index is 2.30. The van der Waals surface area contributed by atoms with Gasteiger partial charge in [-0.2, -0.15) is 0 Å². The average molecular weight is 452 g/mol. The van der Waals surface area contributed by atoms with Gasteiger partial charge in [-0.3, -0.25) is 4.90 Å². The van der Waals surface area contributed by atoms with Crippen LogP contribution in [0, 0.1) is 5.92 Å². The summed E-state index contributed by atoms with van der Waals surface area (Å²) in [4.78, 5) is 27.7. The van der Waals surface area contributed by atoms with Crippen LogP contribution in [0.1, 0.15) is 53.9 Å². The van der Waals surface area contributed by atoms with Gasteiger partial charge in [0.05, 0.1) is 10.5 Å². The highest BCUT2D eigenvalue weighted by atomic mass is 79.9. The molecule has 0 spiro atoms. The summed E-state index contributed by atoms with van der Waals surface area (Å²) in [6.07, 6.45) is 8.25. The van der Waals surface area contributed by atoms with E-state index in [-0.39, 0.29) is 6.04 Å². The van der Waals surface area contributed by atoms with E-state index in [1.165, 1.54) is 0 Å². The first-order valence-corrected chi connectivity index (χ1v) is 10.4. The summed E-state index contributed by atoms with van der Waals surface area (Å²) in [5, 5.41) is 2.88. The number of hydrogen-bond donors (Lipinski definition) is 1. The summed E-state index contributed by atoms with van der Waals surface area (Å²) in [6, 6.07) is -0.383. The zero-order valence-electron chi connectivity index (χ0n) is 17.5. The number of halogens is 1. The zero-order chi connectivity index (χ0) is 20.9. The van der Waals surface area contributed by atoms with Gasteiger partial charge in [-0.05, 0) is 62.9 Å². The molecule has 1 aliphatic rings. The topological polar surface area (TPSA) is 79.7 Å². The Hall–Kier alpha value is -1.96. The van der Waals surface area contributed by atoms with Gasteiger partial charge in [0.25, 0.3) is 0 Å². The molecule has 1 aromatic heterocycles. The molecule has 1 N–H and O–H groups in total. The largest absolute Gasteiger partial charge is 0.444 e. The molecule has 1 atom stereocenters. The molecular formula is C20H30BrN5O2. The molecule has 0 saturated heterocycles. The van der Waals surface area contributed by atoms with E-state index in [1.54, 1.807) is 17.3 Å². The van der Waals surface area contributed by atoms with Crippen molar-refractivity contribution in [3.05, 3.63) is 28.6 Å². The van der Waals surface area contributed by atoms with Gasteiger partial charge in [-0.1, -0.05) is 13.0 Å². The van der Waals surface area contributed by atoms with Crippen LogP contribution in [0.2, 0.25) is 0 Å². The Labute approximate surface area is 175 Å². The minimum absolute atomic E-state index is 0.383. The number of likely N-dealkylation sites (N-methyl/N-ethyl adjacent to an activating group) is 1. The summed E-state index contributed by atoms with van der Waals surface area (Å²) in [7, 11) is 1.85. The van der Waals surface area contributed by atoms with Crippen LogP contribution in [0.15, 0.2) is 33.6 Å². The van der Waals surface area contributed by atoms with Gasteiger partial charge in [0.1, 0.15) is 11.4 Å². The summed E-state index contributed by atoms with van der Waals surface area (Å²) in [6.45, 7) is 9.49. The molecule has 154 valence electrons. The van der Waals surface area contributed by atoms with Crippen molar-refractivity contribution in [3.8, 4) is 0 Å². The molecule has 7 nitrogen and oxygen atoms in total. The SMILES string of the molecule is CC/C=C(/N=C(C(C)NC(=O)OC(C)(C)C)N(C)c1ncc(Br)cn1)C1CC1. The van der Waals surface area contributed by atoms with Crippen LogP contribution >= 0.6 is 15.9 Å². The van der Waals surface area contributed by atoms with Gasteiger partial charge in [-0.25, -0.2) is 19.8 Å². The van der Waals surface area contributed by atoms with Crippen LogP contribution < -0.4 is 10.2 Å². The second kappa shape index (κ2) is 9.49. The van der Waals surface area contributed by atoms with E-state index in [2.05, 4.69) is 44.2 Å². The molecule has 8 heteroatoms. The lowest BCUT2D eigenvalue weighted by Gasteiger charge is -2.27. The third-order valence-corrected chi connectivity index (χ3v) is 4.43. The molecule has 0 aliphatic heterocycles. The molecule has 0 bridgehead atoms. The van der Waals surface area contributed by atoms with Crippen molar-refractivity contribution in [2.75, 3.05) is 11.9 Å². The van der Waals surface area contributed by atoms with Crippen molar-refractivity contribution < 1.29 is 9.53 Å². The van der Waals surface area contributed by atoms with Gasteiger partial charge >= 0.3 is 6.09 Å². The molecule has 1 fully saturated rings. The van der Waals surface area contributed by atoms with E-state index in [9.17, 15) is 4.79 Å². The predicted octanol–water partition coefficient (Wildman–Crippen LogP) is 4.69. The number of allylic oxidation sites excluding steroid dienone is 2. The quantitative estimate of drug-likeness (QED) is 0.500. The highest BCUT2D eigenvalue weighted by molar-refractivity contribution is 9.10. The Kier molecular flexibility index (Phi) is 7.57. The number of nitrogens with one attached hydrogen (secondary N) is 1. The number of aliphatic imine (C=N–C) groups is 1. The van der Waals surface area contributed by atoms with Crippen LogP contribution in [0.4, 0.5) is 10.7 Å². The van der Waals surface area contributed by atoms with E-state index in [0.29, 0.717) is 17.7 Å². The minimum atomic E-state index is -0.566. The standard InChI is InChI=1S/C20H30BrN5O2/c1-7-8-16(14-9-10-14)25-17(13(2)24-19(27)28-20(3,4)5)26(6)18-22-11-15(21)12-23-18/h8,11-14H,7,9-10H2,1-6H3,(H,24,27)/b16-8+,25-17?. The lowest BCUT2D eigenvalue weighted by molar-refractivity contribution is 0.0521. The molecule has 1 amide bonds. The number of carbonyl (C=O) groups excluding carboxylic acids is 1. The first-order valence-electron chi connectivity index (χ1n) is 9.60. The van der Waals surface area contributed by atoms with E-state index in [4.69, 9.17) is 9.73 Å². The maximum atomic E-state index is 12.3. The van der Waals surface area contributed by atoms with Crippen LogP contribution in [0.5, 0.6) is 0 Å². The lowest BCUT2D eigenvalue weighted by atomic mass is 10.2. The Morgan fingerprint density at radius 2 is 2.04 bits per heavy atom. The van der Waals surface area contributed by atoms with Crippen molar-refractivity contribution in [2.45, 2.75) is 65.5 Å². The molecule has 1 aliphatic carbocycles. The van der Waals surface area contributed by atoms with Crippen LogP contribution in [0.3, 0.4) is 0 Å². The molecule has 2 rings (SSSR count). The van der Waals surface area contributed by atoms with Gasteiger partial charge in [0, 0.05) is 31.1 Å². The van der Waals surface area contributed by atoms with Gasteiger partial charge in [0.2, 0.25) is 5.95 Å². The number of anilines is 1.